The summed E-state index contributed by atoms with van der Waals surface area (Å²) in [7, 11) is 0. The second-order valence-electron chi connectivity index (χ2n) is 3.48. The number of aliphatic carboxylic acids is 1. The number of carboxylic acid groups (broad SMARTS) is 1. The number of hydrogen-bond donors (Lipinski definition) is 2. The quantitative estimate of drug-likeness (QED) is 0.577. The first-order valence-electron chi connectivity index (χ1n) is 5.14. The van der Waals surface area contributed by atoms with Crippen molar-refractivity contribution >= 4 is 17.5 Å². The number of nitrogens with zero attached hydrogens (tertiary/aromatic N) is 2. The molecule has 1 heterocycles. The van der Waals surface area contributed by atoms with Crippen LogP contribution in [0.3, 0.4) is 0 Å². The predicted octanol–water partition coefficient (Wildman–Crippen LogP) is 1.65. The Labute approximate surface area is 97.6 Å². The molecule has 0 bridgehead atoms. The van der Waals surface area contributed by atoms with E-state index in [0.717, 1.165) is 0 Å². The van der Waals surface area contributed by atoms with Crippen molar-refractivity contribution in [3.05, 3.63) is 28.4 Å². The molecular formula is C10H13N3O4. The minimum absolute atomic E-state index is 0.122. The molecular weight excluding hydrogens is 226 g/mol. The largest absolute Gasteiger partial charge is 0.480 e. The van der Waals surface area contributed by atoms with Crippen molar-refractivity contribution in [2.24, 2.45) is 0 Å². The molecule has 1 unspecified atom stereocenters. The fourth-order valence-corrected chi connectivity index (χ4v) is 1.34. The van der Waals surface area contributed by atoms with Gasteiger partial charge in [-0.25, -0.2) is 9.78 Å². The number of rotatable bonds is 6. The lowest BCUT2D eigenvalue weighted by Gasteiger charge is -2.13. The van der Waals surface area contributed by atoms with Crippen LogP contribution in [0.25, 0.3) is 0 Å². The number of nitro groups is 1. The van der Waals surface area contributed by atoms with Gasteiger partial charge in [0.2, 0.25) is 0 Å². The topological polar surface area (TPSA) is 105 Å². The second kappa shape index (κ2) is 5.78. The van der Waals surface area contributed by atoms with Gasteiger partial charge < -0.3 is 10.4 Å². The normalized spacial score (nSPS) is 11.8. The molecule has 0 radical (unpaired) electrons. The van der Waals surface area contributed by atoms with E-state index in [2.05, 4.69) is 10.3 Å². The van der Waals surface area contributed by atoms with Gasteiger partial charge in [-0.3, -0.25) is 10.1 Å². The minimum atomic E-state index is -1.000. The number of hydrogen-bond acceptors (Lipinski definition) is 5. The minimum Gasteiger partial charge on any atom is -0.480 e. The summed E-state index contributed by atoms with van der Waals surface area (Å²) in [6.07, 6.45) is 2.39. The third-order valence-electron chi connectivity index (χ3n) is 2.15. The van der Waals surface area contributed by atoms with Crippen molar-refractivity contribution in [1.29, 1.82) is 0 Å². The molecule has 1 rings (SSSR count). The van der Waals surface area contributed by atoms with E-state index < -0.39 is 16.9 Å². The summed E-state index contributed by atoms with van der Waals surface area (Å²) in [4.78, 5) is 24.7. The molecule has 17 heavy (non-hydrogen) atoms. The molecule has 0 aliphatic carbocycles. The average molecular weight is 239 g/mol. The van der Waals surface area contributed by atoms with E-state index in [1.54, 1.807) is 0 Å². The zero-order valence-corrected chi connectivity index (χ0v) is 9.29. The van der Waals surface area contributed by atoms with Gasteiger partial charge in [-0.1, -0.05) is 13.3 Å². The Morgan fingerprint density at radius 3 is 2.94 bits per heavy atom. The second-order valence-corrected chi connectivity index (χ2v) is 3.48. The highest BCUT2D eigenvalue weighted by Crippen LogP contribution is 2.15. The first-order valence-corrected chi connectivity index (χ1v) is 5.14. The fourth-order valence-electron chi connectivity index (χ4n) is 1.34. The smallest absolute Gasteiger partial charge is 0.326 e. The van der Waals surface area contributed by atoms with Gasteiger partial charge in [0.05, 0.1) is 11.0 Å². The number of anilines is 1. The molecule has 0 fully saturated rings. The lowest BCUT2D eigenvalue weighted by Crippen LogP contribution is -2.29. The van der Waals surface area contributed by atoms with Crippen LogP contribution < -0.4 is 5.32 Å². The Morgan fingerprint density at radius 1 is 1.71 bits per heavy atom. The zero-order chi connectivity index (χ0) is 12.8. The van der Waals surface area contributed by atoms with E-state index in [1.165, 1.54) is 18.3 Å². The van der Waals surface area contributed by atoms with Crippen molar-refractivity contribution in [3.8, 4) is 0 Å². The van der Waals surface area contributed by atoms with Gasteiger partial charge in [0.1, 0.15) is 11.9 Å². The SMILES string of the molecule is CCCC(Nc1cc([N+](=O)[O-])ccn1)C(=O)O. The van der Waals surface area contributed by atoms with Crippen LogP contribution in [0.1, 0.15) is 19.8 Å². The average Bonchev–Trinajstić information content (AvgIpc) is 2.28. The van der Waals surface area contributed by atoms with Crippen molar-refractivity contribution in [2.75, 3.05) is 5.32 Å². The van der Waals surface area contributed by atoms with Gasteiger partial charge in [-0.15, -0.1) is 0 Å². The molecule has 7 heteroatoms. The Morgan fingerprint density at radius 2 is 2.41 bits per heavy atom. The van der Waals surface area contributed by atoms with Crippen molar-refractivity contribution in [1.82, 2.24) is 4.98 Å². The Hall–Kier alpha value is -2.18. The fraction of sp³-hybridized carbons (Fsp3) is 0.400. The molecule has 0 spiro atoms. The maximum atomic E-state index is 10.9. The summed E-state index contributed by atoms with van der Waals surface area (Å²) < 4.78 is 0. The molecule has 1 aromatic rings. The highest BCUT2D eigenvalue weighted by molar-refractivity contribution is 5.76. The number of carboxylic acids is 1. The number of carbonyl (C=O) groups is 1. The maximum Gasteiger partial charge on any atom is 0.326 e. The Kier molecular flexibility index (Phi) is 4.38. The van der Waals surface area contributed by atoms with E-state index in [-0.39, 0.29) is 11.5 Å². The zero-order valence-electron chi connectivity index (χ0n) is 9.29. The van der Waals surface area contributed by atoms with Gasteiger partial charge in [0, 0.05) is 12.3 Å². The first-order chi connectivity index (χ1) is 8.04. The molecule has 0 saturated heterocycles. The molecule has 0 aliphatic rings. The van der Waals surface area contributed by atoms with Gasteiger partial charge in [0.25, 0.3) is 5.69 Å². The van der Waals surface area contributed by atoms with Crippen LogP contribution in [-0.4, -0.2) is 27.0 Å². The highest BCUT2D eigenvalue weighted by Gasteiger charge is 2.17. The molecule has 1 aromatic heterocycles. The number of aromatic nitrogens is 1. The molecule has 0 saturated carbocycles. The van der Waals surface area contributed by atoms with Crippen molar-refractivity contribution < 1.29 is 14.8 Å². The monoisotopic (exact) mass is 239 g/mol. The van der Waals surface area contributed by atoms with E-state index >= 15 is 0 Å². The van der Waals surface area contributed by atoms with Gasteiger partial charge in [-0.05, 0) is 6.42 Å². The molecule has 7 nitrogen and oxygen atoms in total. The predicted molar refractivity (Wildman–Crippen MR) is 60.8 cm³/mol. The molecule has 0 aromatic carbocycles. The molecule has 2 N–H and O–H groups in total. The van der Waals surface area contributed by atoms with Crippen LogP contribution in [-0.2, 0) is 4.79 Å². The third kappa shape index (κ3) is 3.71. The standard InChI is InChI=1S/C10H13N3O4/c1-2-3-8(10(14)15)12-9-6-7(13(16)17)4-5-11-9/h4-6,8H,2-3H2,1H3,(H,11,12)(H,14,15). The van der Waals surface area contributed by atoms with Crippen LogP contribution in [0.4, 0.5) is 11.5 Å². The van der Waals surface area contributed by atoms with Gasteiger partial charge in [0.15, 0.2) is 0 Å². The third-order valence-corrected chi connectivity index (χ3v) is 2.15. The summed E-state index contributed by atoms with van der Waals surface area (Å²) in [6.45, 7) is 1.86. The summed E-state index contributed by atoms with van der Waals surface area (Å²) >= 11 is 0. The van der Waals surface area contributed by atoms with Crippen molar-refractivity contribution in [3.63, 3.8) is 0 Å². The first kappa shape index (κ1) is 12.9. The van der Waals surface area contributed by atoms with E-state index in [1.807, 2.05) is 6.92 Å². The van der Waals surface area contributed by atoms with Crippen LogP contribution in [0.5, 0.6) is 0 Å². The Balaban J connectivity index is 2.82. The van der Waals surface area contributed by atoms with Crippen LogP contribution >= 0.6 is 0 Å². The van der Waals surface area contributed by atoms with Gasteiger partial charge in [-0.2, -0.15) is 0 Å². The van der Waals surface area contributed by atoms with Gasteiger partial charge >= 0.3 is 5.97 Å². The molecule has 1 atom stereocenters. The Bertz CT molecular complexity index is 422. The lowest BCUT2D eigenvalue weighted by atomic mass is 10.1. The molecule has 0 aliphatic heterocycles. The summed E-state index contributed by atoms with van der Waals surface area (Å²) in [5.41, 5.74) is -0.122. The lowest BCUT2D eigenvalue weighted by molar-refractivity contribution is -0.384. The van der Waals surface area contributed by atoms with E-state index in [0.29, 0.717) is 12.8 Å². The van der Waals surface area contributed by atoms with Crippen LogP contribution in [0.15, 0.2) is 18.3 Å². The van der Waals surface area contributed by atoms with E-state index in [9.17, 15) is 14.9 Å². The molecule has 92 valence electrons. The maximum absolute atomic E-state index is 10.9. The summed E-state index contributed by atoms with van der Waals surface area (Å²) in [5, 5.41) is 22.1. The molecule has 0 amide bonds. The summed E-state index contributed by atoms with van der Waals surface area (Å²) in [6, 6.07) is 1.68. The van der Waals surface area contributed by atoms with Crippen molar-refractivity contribution in [2.45, 2.75) is 25.8 Å². The van der Waals surface area contributed by atoms with Crippen LogP contribution in [0, 0.1) is 10.1 Å². The summed E-state index contributed by atoms with van der Waals surface area (Å²) in [5.74, 6) is -0.805. The number of pyridine rings is 1. The highest BCUT2D eigenvalue weighted by atomic mass is 16.6. The van der Waals surface area contributed by atoms with Crippen LogP contribution in [0.2, 0.25) is 0 Å². The van der Waals surface area contributed by atoms with E-state index in [4.69, 9.17) is 5.11 Å². The number of nitrogens with one attached hydrogen (secondary N) is 1.